The summed E-state index contributed by atoms with van der Waals surface area (Å²) in [5, 5.41) is 3.07. The topological polar surface area (TPSA) is 91.3 Å². The second kappa shape index (κ2) is 8.65. The van der Waals surface area contributed by atoms with Crippen LogP contribution in [0.2, 0.25) is 0 Å². The van der Waals surface area contributed by atoms with Gasteiger partial charge in [0.25, 0.3) is 15.9 Å². The Morgan fingerprint density at radius 3 is 2.53 bits per heavy atom. The van der Waals surface area contributed by atoms with Crippen LogP contribution >= 0.6 is 0 Å². The van der Waals surface area contributed by atoms with Crippen molar-refractivity contribution >= 4 is 27.5 Å². The molecule has 1 amide bonds. The van der Waals surface area contributed by atoms with Crippen molar-refractivity contribution in [3.63, 3.8) is 0 Å². The highest BCUT2D eigenvalue weighted by Crippen LogP contribution is 2.27. The van der Waals surface area contributed by atoms with Crippen LogP contribution in [-0.2, 0) is 14.8 Å². The minimum absolute atomic E-state index is 0.0134. The fourth-order valence-corrected chi connectivity index (χ4v) is 5.60. The quantitative estimate of drug-likeness (QED) is 0.762. The third-order valence-electron chi connectivity index (χ3n) is 6.17. The number of carbonyl (C=O) groups is 1. The Balaban J connectivity index is 1.20. The standard InChI is InChI=1S/C23H26N4O4S/c28-23(27-13-11-26(12-14-27)16-19-4-3-15-31-19)17-7-9-18(10-8-17)24-22-20-5-1-2-6-21(20)32(29,30)25-22/h1-2,5-10,19H,3-4,11-16H2,(H,24,25). The molecule has 9 heteroatoms. The van der Waals surface area contributed by atoms with Gasteiger partial charge in [0, 0.05) is 56.1 Å². The number of ether oxygens (including phenoxy) is 1. The van der Waals surface area contributed by atoms with Crippen molar-refractivity contribution in [2.24, 2.45) is 4.40 Å². The Kier molecular flexibility index (Phi) is 5.71. The molecule has 0 saturated carbocycles. The van der Waals surface area contributed by atoms with Crippen LogP contribution in [0.15, 0.2) is 57.8 Å². The van der Waals surface area contributed by atoms with Gasteiger partial charge in [0.2, 0.25) is 0 Å². The molecule has 3 aliphatic heterocycles. The summed E-state index contributed by atoms with van der Waals surface area (Å²) in [4.78, 5) is 17.4. The molecule has 2 saturated heterocycles. The van der Waals surface area contributed by atoms with E-state index in [4.69, 9.17) is 4.74 Å². The number of piperazine rings is 1. The Morgan fingerprint density at radius 1 is 1.06 bits per heavy atom. The first-order valence-electron chi connectivity index (χ1n) is 10.9. The molecule has 5 rings (SSSR count). The summed E-state index contributed by atoms with van der Waals surface area (Å²) in [7, 11) is -3.67. The van der Waals surface area contributed by atoms with Gasteiger partial charge >= 0.3 is 0 Å². The second-order valence-electron chi connectivity index (χ2n) is 8.34. The van der Waals surface area contributed by atoms with Gasteiger partial charge in [-0.15, -0.1) is 4.40 Å². The zero-order valence-corrected chi connectivity index (χ0v) is 18.6. The van der Waals surface area contributed by atoms with E-state index in [1.807, 2.05) is 4.90 Å². The maximum absolute atomic E-state index is 12.9. The zero-order valence-electron chi connectivity index (χ0n) is 17.7. The number of hydrogen-bond acceptors (Lipinski definition) is 6. The van der Waals surface area contributed by atoms with Crippen molar-refractivity contribution < 1.29 is 17.9 Å². The number of amidine groups is 1. The lowest BCUT2D eigenvalue weighted by atomic mass is 10.1. The highest BCUT2D eigenvalue weighted by atomic mass is 32.2. The fraction of sp³-hybridized carbons (Fsp3) is 0.391. The summed E-state index contributed by atoms with van der Waals surface area (Å²) in [5.41, 5.74) is 1.84. The van der Waals surface area contributed by atoms with Gasteiger partial charge in [-0.3, -0.25) is 9.69 Å². The van der Waals surface area contributed by atoms with E-state index in [2.05, 4.69) is 14.6 Å². The molecule has 0 bridgehead atoms. The Labute approximate surface area is 187 Å². The Bertz CT molecular complexity index is 1130. The lowest BCUT2D eigenvalue weighted by Crippen LogP contribution is -2.50. The first kappa shape index (κ1) is 21.1. The molecule has 32 heavy (non-hydrogen) atoms. The van der Waals surface area contributed by atoms with E-state index in [-0.39, 0.29) is 10.8 Å². The first-order chi connectivity index (χ1) is 15.5. The number of sulfonamides is 1. The van der Waals surface area contributed by atoms with E-state index < -0.39 is 10.0 Å². The van der Waals surface area contributed by atoms with Gasteiger partial charge in [-0.25, -0.2) is 0 Å². The number of carbonyl (C=O) groups excluding carboxylic acids is 1. The monoisotopic (exact) mass is 454 g/mol. The van der Waals surface area contributed by atoms with Gasteiger partial charge in [-0.1, -0.05) is 12.1 Å². The second-order valence-corrected chi connectivity index (χ2v) is 9.91. The molecule has 2 aromatic rings. The number of nitrogens with one attached hydrogen (secondary N) is 1. The van der Waals surface area contributed by atoms with Crippen LogP contribution in [0.3, 0.4) is 0 Å². The summed E-state index contributed by atoms with van der Waals surface area (Å²) < 4.78 is 34.0. The number of amides is 1. The van der Waals surface area contributed by atoms with E-state index in [0.29, 0.717) is 41.8 Å². The number of benzene rings is 2. The Morgan fingerprint density at radius 2 is 1.81 bits per heavy atom. The van der Waals surface area contributed by atoms with Crippen LogP contribution in [0.25, 0.3) is 0 Å². The average molecular weight is 455 g/mol. The summed E-state index contributed by atoms with van der Waals surface area (Å²) in [5.74, 6) is 0.307. The van der Waals surface area contributed by atoms with Crippen molar-refractivity contribution in [1.29, 1.82) is 0 Å². The van der Waals surface area contributed by atoms with Gasteiger partial charge < -0.3 is 15.0 Å². The molecule has 8 nitrogen and oxygen atoms in total. The highest BCUT2D eigenvalue weighted by Gasteiger charge is 2.29. The van der Waals surface area contributed by atoms with Crippen molar-refractivity contribution in [3.8, 4) is 0 Å². The lowest BCUT2D eigenvalue weighted by Gasteiger charge is -2.35. The molecule has 1 unspecified atom stereocenters. The van der Waals surface area contributed by atoms with Gasteiger partial charge in [0.1, 0.15) is 4.90 Å². The minimum Gasteiger partial charge on any atom is -0.377 e. The lowest BCUT2D eigenvalue weighted by molar-refractivity contribution is 0.0433. The van der Waals surface area contributed by atoms with Crippen LogP contribution < -0.4 is 5.32 Å². The molecule has 3 aliphatic rings. The number of fused-ring (bicyclic) bond motifs is 1. The molecule has 3 heterocycles. The molecule has 168 valence electrons. The SMILES string of the molecule is O=C(c1ccc(NC2=NS(=O)(=O)c3ccccc32)cc1)N1CCN(CC2CCCO2)CC1. The van der Waals surface area contributed by atoms with E-state index in [1.165, 1.54) is 0 Å². The normalized spacial score (nSPS) is 22.4. The Hall–Kier alpha value is -2.75. The van der Waals surface area contributed by atoms with Crippen LogP contribution in [0.1, 0.15) is 28.8 Å². The van der Waals surface area contributed by atoms with Crippen LogP contribution in [-0.4, -0.2) is 75.4 Å². The molecule has 0 spiro atoms. The van der Waals surface area contributed by atoms with Gasteiger partial charge in [-0.05, 0) is 49.2 Å². The molecule has 1 N–H and O–H groups in total. The largest absolute Gasteiger partial charge is 0.377 e. The molecule has 2 aromatic carbocycles. The predicted molar refractivity (Wildman–Crippen MR) is 122 cm³/mol. The van der Waals surface area contributed by atoms with Gasteiger partial charge in [0.05, 0.1) is 6.10 Å². The molecular formula is C23H26N4O4S. The minimum atomic E-state index is -3.67. The molecule has 0 radical (unpaired) electrons. The number of nitrogens with zero attached hydrogens (tertiary/aromatic N) is 3. The third-order valence-corrected chi connectivity index (χ3v) is 7.51. The van der Waals surface area contributed by atoms with Crippen molar-refractivity contribution in [2.45, 2.75) is 23.8 Å². The van der Waals surface area contributed by atoms with Crippen molar-refractivity contribution in [1.82, 2.24) is 9.80 Å². The van der Waals surface area contributed by atoms with E-state index in [9.17, 15) is 13.2 Å². The van der Waals surface area contributed by atoms with E-state index in [0.717, 1.165) is 39.1 Å². The van der Waals surface area contributed by atoms with Crippen LogP contribution in [0, 0.1) is 0 Å². The maximum atomic E-state index is 12.9. The van der Waals surface area contributed by atoms with E-state index in [1.54, 1.807) is 48.5 Å². The maximum Gasteiger partial charge on any atom is 0.285 e. The molecule has 0 aromatic heterocycles. The van der Waals surface area contributed by atoms with Crippen LogP contribution in [0.4, 0.5) is 5.69 Å². The highest BCUT2D eigenvalue weighted by molar-refractivity contribution is 7.90. The fourth-order valence-electron chi connectivity index (χ4n) is 4.42. The van der Waals surface area contributed by atoms with Crippen molar-refractivity contribution in [3.05, 3.63) is 59.7 Å². The summed E-state index contributed by atoms with van der Waals surface area (Å²) in [6.07, 6.45) is 2.61. The number of anilines is 1. The van der Waals surface area contributed by atoms with Crippen molar-refractivity contribution in [2.75, 3.05) is 44.6 Å². The predicted octanol–water partition coefficient (Wildman–Crippen LogP) is 2.18. The third kappa shape index (κ3) is 4.28. The van der Waals surface area contributed by atoms with Crippen LogP contribution in [0.5, 0.6) is 0 Å². The average Bonchev–Trinajstić information content (AvgIpc) is 3.40. The molecule has 0 aliphatic carbocycles. The van der Waals surface area contributed by atoms with E-state index >= 15 is 0 Å². The molecule has 1 atom stereocenters. The summed E-state index contributed by atoms with van der Waals surface area (Å²) >= 11 is 0. The first-order valence-corrected chi connectivity index (χ1v) is 12.4. The zero-order chi connectivity index (χ0) is 22.1. The molecule has 2 fully saturated rings. The summed E-state index contributed by atoms with van der Waals surface area (Å²) in [6.45, 7) is 4.95. The number of rotatable bonds is 4. The number of hydrogen-bond donors (Lipinski definition) is 1. The molecular weight excluding hydrogens is 428 g/mol. The summed E-state index contributed by atoms with van der Waals surface area (Å²) in [6, 6.07) is 13.8. The smallest absolute Gasteiger partial charge is 0.285 e. The van der Waals surface area contributed by atoms with Gasteiger partial charge in [0.15, 0.2) is 5.84 Å². The van der Waals surface area contributed by atoms with Gasteiger partial charge in [-0.2, -0.15) is 8.42 Å².